The van der Waals surface area contributed by atoms with Gasteiger partial charge in [-0.2, -0.15) is 0 Å². The van der Waals surface area contributed by atoms with E-state index in [0.717, 1.165) is 42.9 Å². The summed E-state index contributed by atoms with van der Waals surface area (Å²) in [6.45, 7) is 4.06. The first-order chi connectivity index (χ1) is 13.0. The topological polar surface area (TPSA) is 99.2 Å². The number of carbonyl (C=O) groups is 2. The molecule has 0 atom stereocenters. The molecule has 3 N–H and O–H groups in total. The van der Waals surface area contributed by atoms with Gasteiger partial charge < -0.3 is 20.4 Å². The van der Waals surface area contributed by atoms with Crippen LogP contribution in [0.25, 0.3) is 11.4 Å². The van der Waals surface area contributed by atoms with Crippen LogP contribution in [0.5, 0.6) is 0 Å². The number of imidazole rings is 1. The maximum Gasteiger partial charge on any atom is 0.250 e. The van der Waals surface area contributed by atoms with Gasteiger partial charge in [-0.1, -0.05) is 6.07 Å². The molecule has 0 aliphatic carbocycles. The first-order valence-electron chi connectivity index (χ1n) is 9.43. The number of ether oxygens (including phenoxy) is 1. The van der Waals surface area contributed by atoms with E-state index in [1.165, 1.54) is 0 Å². The third kappa shape index (κ3) is 3.35. The minimum Gasteiger partial charge on any atom is -0.381 e. The van der Waals surface area contributed by atoms with E-state index < -0.39 is 5.91 Å². The van der Waals surface area contributed by atoms with Gasteiger partial charge in [-0.05, 0) is 38.3 Å². The molecule has 1 aromatic heterocycles. The average molecular weight is 368 g/mol. The lowest BCUT2D eigenvalue weighted by atomic mass is 10.0. The van der Waals surface area contributed by atoms with Crippen molar-refractivity contribution in [1.82, 2.24) is 9.55 Å². The first-order valence-corrected chi connectivity index (χ1v) is 9.43. The number of nitrogens with one attached hydrogen (secondary N) is 1. The maximum atomic E-state index is 12.3. The number of hydrogen-bond acceptors (Lipinski definition) is 5. The van der Waals surface area contributed by atoms with Crippen molar-refractivity contribution < 1.29 is 14.3 Å². The van der Waals surface area contributed by atoms with Crippen LogP contribution in [0.15, 0.2) is 18.2 Å². The molecule has 7 heteroatoms. The molecule has 1 amide bonds. The van der Waals surface area contributed by atoms with Gasteiger partial charge in [0.05, 0.1) is 11.3 Å². The van der Waals surface area contributed by atoms with Crippen LogP contribution in [0.4, 0.5) is 5.69 Å². The molecule has 1 saturated heterocycles. The van der Waals surface area contributed by atoms with Gasteiger partial charge in [0.2, 0.25) is 0 Å². The molecule has 1 aromatic carbocycles. The quantitative estimate of drug-likeness (QED) is 0.864. The summed E-state index contributed by atoms with van der Waals surface area (Å²) in [5.74, 6) is 0.445. The number of aryl methyl sites for hydroxylation is 1. The van der Waals surface area contributed by atoms with Gasteiger partial charge in [0.15, 0.2) is 5.78 Å². The Kier molecular flexibility index (Phi) is 4.70. The lowest BCUT2D eigenvalue weighted by molar-refractivity contribution is 0.0904. The fraction of sp³-hybridized carbons (Fsp3) is 0.450. The van der Waals surface area contributed by atoms with Crippen molar-refractivity contribution in [2.45, 2.75) is 45.2 Å². The molecule has 0 unspecified atom stereocenters. The third-order valence-electron chi connectivity index (χ3n) is 5.32. The van der Waals surface area contributed by atoms with E-state index in [1.54, 1.807) is 6.07 Å². The number of amides is 1. The highest BCUT2D eigenvalue weighted by molar-refractivity contribution is 6.00. The number of hydrogen-bond donors (Lipinski definition) is 2. The first kappa shape index (κ1) is 17.7. The van der Waals surface area contributed by atoms with Crippen molar-refractivity contribution in [1.29, 1.82) is 0 Å². The zero-order valence-corrected chi connectivity index (χ0v) is 15.5. The number of benzene rings is 1. The van der Waals surface area contributed by atoms with Crippen LogP contribution in [0.3, 0.4) is 0 Å². The van der Waals surface area contributed by atoms with Gasteiger partial charge in [0, 0.05) is 43.5 Å². The summed E-state index contributed by atoms with van der Waals surface area (Å²) in [6, 6.07) is 5.75. The monoisotopic (exact) mass is 368 g/mol. The normalized spacial score (nSPS) is 17.6. The van der Waals surface area contributed by atoms with E-state index in [-0.39, 0.29) is 11.8 Å². The molecular formula is C20H24N4O3. The smallest absolute Gasteiger partial charge is 0.250 e. The summed E-state index contributed by atoms with van der Waals surface area (Å²) >= 11 is 0. The van der Waals surface area contributed by atoms with Gasteiger partial charge in [-0.25, -0.2) is 4.98 Å². The second-order valence-corrected chi connectivity index (χ2v) is 7.20. The molecule has 0 bridgehead atoms. The standard InChI is InChI=1S/C20H24N4O3/c1-12-18-17(25)3-2-8-24(18)20(22-12)13-4-5-15(19(21)26)16(11-13)23-14-6-9-27-10-7-14/h4-5,11,14,23H,2-3,6-10H2,1H3,(H2,21,26). The largest absolute Gasteiger partial charge is 0.381 e. The van der Waals surface area contributed by atoms with Crippen LogP contribution >= 0.6 is 0 Å². The SMILES string of the molecule is Cc1nc(-c2ccc(C(N)=O)c(NC3CCOCC3)c2)n2c1C(=O)CCC2. The van der Waals surface area contributed by atoms with Crippen LogP contribution in [0, 0.1) is 6.92 Å². The van der Waals surface area contributed by atoms with Crippen LogP contribution < -0.4 is 11.1 Å². The zero-order valence-electron chi connectivity index (χ0n) is 15.5. The number of carbonyl (C=O) groups excluding carboxylic acids is 2. The van der Waals surface area contributed by atoms with Crippen molar-refractivity contribution in [2.24, 2.45) is 5.73 Å². The predicted molar refractivity (Wildman–Crippen MR) is 102 cm³/mol. The van der Waals surface area contributed by atoms with E-state index in [0.29, 0.717) is 36.6 Å². The van der Waals surface area contributed by atoms with Crippen LogP contribution in [-0.4, -0.2) is 40.5 Å². The Balaban J connectivity index is 1.74. The van der Waals surface area contributed by atoms with Crippen LogP contribution in [0.2, 0.25) is 0 Å². The summed E-state index contributed by atoms with van der Waals surface area (Å²) in [4.78, 5) is 28.8. The van der Waals surface area contributed by atoms with Gasteiger partial charge in [0.25, 0.3) is 5.91 Å². The molecular weight excluding hydrogens is 344 g/mol. The van der Waals surface area contributed by atoms with Crippen molar-refractivity contribution in [3.63, 3.8) is 0 Å². The van der Waals surface area contributed by atoms with Gasteiger partial charge in [-0.15, -0.1) is 0 Å². The Morgan fingerprint density at radius 2 is 2.11 bits per heavy atom. The number of anilines is 1. The Bertz CT molecular complexity index is 897. The number of Topliss-reactive ketones (excluding diaryl/α,β-unsaturated/α-hetero) is 1. The van der Waals surface area contributed by atoms with Crippen molar-refractivity contribution in [3.05, 3.63) is 35.2 Å². The Labute approximate surface area is 157 Å². The lowest BCUT2D eigenvalue weighted by Crippen LogP contribution is -2.29. The number of aromatic nitrogens is 2. The van der Waals surface area contributed by atoms with Crippen LogP contribution in [-0.2, 0) is 11.3 Å². The van der Waals surface area contributed by atoms with E-state index in [1.807, 2.05) is 23.6 Å². The second-order valence-electron chi connectivity index (χ2n) is 7.20. The van der Waals surface area contributed by atoms with Crippen molar-refractivity contribution >= 4 is 17.4 Å². The predicted octanol–water partition coefficient (Wildman–Crippen LogP) is 2.52. The Morgan fingerprint density at radius 1 is 1.33 bits per heavy atom. The fourth-order valence-corrected chi connectivity index (χ4v) is 3.96. The molecule has 3 heterocycles. The molecule has 0 spiro atoms. The molecule has 27 heavy (non-hydrogen) atoms. The molecule has 142 valence electrons. The van der Waals surface area contributed by atoms with E-state index >= 15 is 0 Å². The summed E-state index contributed by atoms with van der Waals surface area (Å²) in [7, 11) is 0. The van der Waals surface area contributed by atoms with E-state index in [4.69, 9.17) is 10.5 Å². The third-order valence-corrected chi connectivity index (χ3v) is 5.32. The number of rotatable bonds is 4. The lowest BCUT2D eigenvalue weighted by Gasteiger charge is -2.25. The number of nitrogens with two attached hydrogens (primary N) is 1. The maximum absolute atomic E-state index is 12.3. The summed E-state index contributed by atoms with van der Waals surface area (Å²) < 4.78 is 7.40. The van der Waals surface area contributed by atoms with Crippen molar-refractivity contribution in [3.8, 4) is 11.4 Å². The summed E-state index contributed by atoms with van der Waals surface area (Å²) in [6.07, 6.45) is 3.16. The van der Waals surface area contributed by atoms with Gasteiger partial charge in [0.1, 0.15) is 11.5 Å². The fourth-order valence-electron chi connectivity index (χ4n) is 3.96. The van der Waals surface area contributed by atoms with Crippen LogP contribution in [0.1, 0.15) is 52.2 Å². The van der Waals surface area contributed by atoms with Crippen molar-refractivity contribution in [2.75, 3.05) is 18.5 Å². The number of primary amides is 1. The van der Waals surface area contributed by atoms with E-state index in [2.05, 4.69) is 10.3 Å². The van der Waals surface area contributed by atoms with E-state index in [9.17, 15) is 9.59 Å². The number of nitrogens with zero attached hydrogens (tertiary/aromatic N) is 2. The molecule has 1 fully saturated rings. The summed E-state index contributed by atoms with van der Waals surface area (Å²) in [5.41, 5.74) is 9.08. The second kappa shape index (κ2) is 7.15. The summed E-state index contributed by atoms with van der Waals surface area (Å²) in [5, 5.41) is 3.45. The molecule has 2 aliphatic rings. The number of ketones is 1. The highest BCUT2D eigenvalue weighted by Gasteiger charge is 2.25. The Hall–Kier alpha value is -2.67. The average Bonchev–Trinajstić information content (AvgIpc) is 3.00. The molecule has 0 saturated carbocycles. The highest BCUT2D eigenvalue weighted by atomic mass is 16.5. The van der Waals surface area contributed by atoms with Gasteiger partial charge >= 0.3 is 0 Å². The highest BCUT2D eigenvalue weighted by Crippen LogP contribution is 2.31. The molecule has 2 aliphatic heterocycles. The minimum absolute atomic E-state index is 0.145. The minimum atomic E-state index is -0.465. The van der Waals surface area contributed by atoms with Gasteiger partial charge in [-0.3, -0.25) is 9.59 Å². The Morgan fingerprint density at radius 3 is 2.85 bits per heavy atom. The molecule has 7 nitrogen and oxygen atoms in total. The number of fused-ring (bicyclic) bond motifs is 1. The molecule has 0 radical (unpaired) electrons. The zero-order chi connectivity index (χ0) is 19.0. The molecule has 2 aromatic rings. The molecule has 4 rings (SSSR count).